The standard InChI is InChI=1S/C14H24N4OS/c1-4-15-12-9-13(17-14(16-12)20-3)18-7-5-11(6-8-18)10(2)19/h9-11,19H,4-8H2,1-3H3,(H,15,16,17). The Hall–Kier alpha value is -1.01. The zero-order chi connectivity index (χ0) is 14.5. The van der Waals surface area contributed by atoms with E-state index in [1.807, 2.05) is 19.2 Å². The normalized spacial score (nSPS) is 18.1. The highest BCUT2D eigenvalue weighted by atomic mass is 32.2. The maximum Gasteiger partial charge on any atom is 0.191 e. The number of hydrogen-bond acceptors (Lipinski definition) is 6. The SMILES string of the molecule is CCNc1cc(N2CCC(C(C)O)CC2)nc(SC)n1. The first-order chi connectivity index (χ1) is 9.63. The number of piperidine rings is 1. The number of thioether (sulfide) groups is 1. The Morgan fingerprint density at radius 3 is 2.70 bits per heavy atom. The molecule has 2 rings (SSSR count). The fourth-order valence-electron chi connectivity index (χ4n) is 2.55. The van der Waals surface area contributed by atoms with E-state index in [1.165, 1.54) is 0 Å². The van der Waals surface area contributed by atoms with Crippen LogP contribution in [0.2, 0.25) is 0 Å². The van der Waals surface area contributed by atoms with Gasteiger partial charge in [0.1, 0.15) is 11.6 Å². The fraction of sp³-hybridized carbons (Fsp3) is 0.714. The van der Waals surface area contributed by atoms with E-state index in [9.17, 15) is 5.11 Å². The molecule has 1 atom stereocenters. The summed E-state index contributed by atoms with van der Waals surface area (Å²) in [5.41, 5.74) is 0. The number of aliphatic hydroxyl groups excluding tert-OH is 1. The van der Waals surface area contributed by atoms with Crippen LogP contribution in [0.4, 0.5) is 11.6 Å². The van der Waals surface area contributed by atoms with Gasteiger partial charge in [0.15, 0.2) is 5.16 Å². The Kier molecular flexibility index (Phi) is 5.48. The van der Waals surface area contributed by atoms with Crippen LogP contribution >= 0.6 is 11.8 Å². The summed E-state index contributed by atoms with van der Waals surface area (Å²) < 4.78 is 0. The number of nitrogens with one attached hydrogen (secondary N) is 1. The molecule has 112 valence electrons. The lowest BCUT2D eigenvalue weighted by Gasteiger charge is -2.34. The molecule has 5 nitrogen and oxygen atoms in total. The van der Waals surface area contributed by atoms with E-state index in [0.717, 1.165) is 49.3 Å². The van der Waals surface area contributed by atoms with Crippen molar-refractivity contribution in [3.8, 4) is 0 Å². The Bertz CT molecular complexity index is 433. The molecule has 1 fully saturated rings. The summed E-state index contributed by atoms with van der Waals surface area (Å²) in [5, 5.41) is 13.7. The predicted molar refractivity (Wildman–Crippen MR) is 84.6 cm³/mol. The van der Waals surface area contributed by atoms with Gasteiger partial charge >= 0.3 is 0 Å². The van der Waals surface area contributed by atoms with Gasteiger partial charge in [0.25, 0.3) is 0 Å². The van der Waals surface area contributed by atoms with Crippen LogP contribution < -0.4 is 10.2 Å². The molecule has 20 heavy (non-hydrogen) atoms. The smallest absolute Gasteiger partial charge is 0.191 e. The summed E-state index contributed by atoms with van der Waals surface area (Å²) in [7, 11) is 0. The van der Waals surface area contributed by atoms with E-state index in [0.29, 0.717) is 5.92 Å². The summed E-state index contributed by atoms with van der Waals surface area (Å²) in [4.78, 5) is 11.3. The van der Waals surface area contributed by atoms with E-state index in [1.54, 1.807) is 11.8 Å². The molecule has 0 bridgehead atoms. The maximum atomic E-state index is 9.67. The largest absolute Gasteiger partial charge is 0.393 e. The molecule has 1 aliphatic heterocycles. The maximum absolute atomic E-state index is 9.67. The van der Waals surface area contributed by atoms with Crippen molar-refractivity contribution in [2.45, 2.75) is 37.9 Å². The lowest BCUT2D eigenvalue weighted by molar-refractivity contribution is 0.109. The van der Waals surface area contributed by atoms with Crippen LogP contribution in [0.25, 0.3) is 0 Å². The number of aliphatic hydroxyl groups is 1. The molecule has 1 aliphatic rings. The molecule has 0 amide bonds. The molecule has 0 spiro atoms. The zero-order valence-electron chi connectivity index (χ0n) is 12.5. The van der Waals surface area contributed by atoms with Crippen molar-refractivity contribution in [3.05, 3.63) is 6.07 Å². The zero-order valence-corrected chi connectivity index (χ0v) is 13.3. The van der Waals surface area contributed by atoms with Crippen LogP contribution in [0.3, 0.4) is 0 Å². The van der Waals surface area contributed by atoms with E-state index < -0.39 is 0 Å². The van der Waals surface area contributed by atoms with Crippen LogP contribution in [0.15, 0.2) is 11.2 Å². The second kappa shape index (κ2) is 7.13. The van der Waals surface area contributed by atoms with Crippen LogP contribution in [0, 0.1) is 5.92 Å². The van der Waals surface area contributed by atoms with Crippen molar-refractivity contribution < 1.29 is 5.11 Å². The molecule has 0 aliphatic carbocycles. The summed E-state index contributed by atoms with van der Waals surface area (Å²) in [5.74, 6) is 2.30. The number of nitrogens with zero attached hydrogens (tertiary/aromatic N) is 3. The van der Waals surface area contributed by atoms with Gasteiger partial charge in [-0.25, -0.2) is 9.97 Å². The fourth-order valence-corrected chi connectivity index (χ4v) is 2.92. The second-order valence-corrected chi connectivity index (χ2v) is 5.97. The first kappa shape index (κ1) is 15.4. The Morgan fingerprint density at radius 2 is 2.15 bits per heavy atom. The first-order valence-corrected chi connectivity index (χ1v) is 8.46. The molecule has 1 aromatic heterocycles. The molecule has 1 unspecified atom stereocenters. The summed E-state index contributed by atoms with van der Waals surface area (Å²) >= 11 is 1.56. The van der Waals surface area contributed by atoms with Crippen molar-refractivity contribution in [2.24, 2.45) is 5.92 Å². The molecule has 1 saturated heterocycles. The summed E-state index contributed by atoms with van der Waals surface area (Å²) in [6.45, 7) is 6.71. The van der Waals surface area contributed by atoms with E-state index in [4.69, 9.17) is 0 Å². The van der Waals surface area contributed by atoms with Crippen molar-refractivity contribution in [1.82, 2.24) is 9.97 Å². The Morgan fingerprint density at radius 1 is 1.45 bits per heavy atom. The van der Waals surface area contributed by atoms with E-state index >= 15 is 0 Å². The van der Waals surface area contributed by atoms with E-state index in [2.05, 4.69) is 27.1 Å². The Balaban J connectivity index is 2.10. The van der Waals surface area contributed by atoms with Gasteiger partial charge in [-0.05, 0) is 38.9 Å². The summed E-state index contributed by atoms with van der Waals surface area (Å²) in [6, 6.07) is 2.02. The minimum atomic E-state index is -0.207. The highest BCUT2D eigenvalue weighted by Crippen LogP contribution is 2.26. The molecule has 0 saturated carbocycles. The van der Waals surface area contributed by atoms with Crippen molar-refractivity contribution in [3.63, 3.8) is 0 Å². The van der Waals surface area contributed by atoms with Crippen molar-refractivity contribution in [1.29, 1.82) is 0 Å². The second-order valence-electron chi connectivity index (χ2n) is 5.19. The quantitative estimate of drug-likeness (QED) is 0.642. The molecular formula is C14H24N4OS. The van der Waals surface area contributed by atoms with Gasteiger partial charge in [-0.3, -0.25) is 0 Å². The van der Waals surface area contributed by atoms with Crippen molar-refractivity contribution in [2.75, 3.05) is 36.1 Å². The molecular weight excluding hydrogens is 272 g/mol. The van der Waals surface area contributed by atoms with Crippen LogP contribution in [-0.2, 0) is 0 Å². The van der Waals surface area contributed by atoms with Gasteiger partial charge in [-0.2, -0.15) is 0 Å². The van der Waals surface area contributed by atoms with Gasteiger partial charge in [-0.15, -0.1) is 0 Å². The molecule has 1 aromatic rings. The number of anilines is 2. The average Bonchev–Trinajstić information content (AvgIpc) is 2.47. The number of hydrogen-bond donors (Lipinski definition) is 2. The van der Waals surface area contributed by atoms with Gasteiger partial charge < -0.3 is 15.3 Å². The molecule has 0 radical (unpaired) electrons. The number of aromatic nitrogens is 2. The van der Waals surface area contributed by atoms with Crippen molar-refractivity contribution >= 4 is 23.4 Å². The van der Waals surface area contributed by atoms with Gasteiger partial charge in [0, 0.05) is 25.7 Å². The van der Waals surface area contributed by atoms with Gasteiger partial charge in [0.2, 0.25) is 0 Å². The Labute approximate surface area is 125 Å². The van der Waals surface area contributed by atoms with Gasteiger partial charge in [-0.1, -0.05) is 11.8 Å². The molecule has 6 heteroatoms. The predicted octanol–water partition coefficient (Wildman–Crippen LogP) is 2.23. The minimum Gasteiger partial charge on any atom is -0.393 e. The topological polar surface area (TPSA) is 61.3 Å². The molecule has 0 aromatic carbocycles. The molecule has 2 heterocycles. The first-order valence-electron chi connectivity index (χ1n) is 7.24. The summed E-state index contributed by atoms with van der Waals surface area (Å²) in [6.07, 6.45) is 3.83. The third kappa shape index (κ3) is 3.76. The average molecular weight is 296 g/mol. The van der Waals surface area contributed by atoms with Crippen LogP contribution in [0.5, 0.6) is 0 Å². The van der Waals surface area contributed by atoms with Crippen LogP contribution in [0.1, 0.15) is 26.7 Å². The third-order valence-corrected chi connectivity index (χ3v) is 4.33. The third-order valence-electron chi connectivity index (χ3n) is 3.78. The minimum absolute atomic E-state index is 0.207. The number of rotatable bonds is 5. The molecule has 2 N–H and O–H groups in total. The highest BCUT2D eigenvalue weighted by molar-refractivity contribution is 7.98. The lowest BCUT2D eigenvalue weighted by Crippen LogP contribution is -2.37. The van der Waals surface area contributed by atoms with Crippen LogP contribution in [-0.4, -0.2) is 47.1 Å². The van der Waals surface area contributed by atoms with E-state index in [-0.39, 0.29) is 6.10 Å². The van der Waals surface area contributed by atoms with Gasteiger partial charge in [0.05, 0.1) is 6.10 Å². The monoisotopic (exact) mass is 296 g/mol. The highest BCUT2D eigenvalue weighted by Gasteiger charge is 2.23. The lowest BCUT2D eigenvalue weighted by atomic mass is 9.92.